The summed E-state index contributed by atoms with van der Waals surface area (Å²) >= 11 is 0. The van der Waals surface area contributed by atoms with Crippen LogP contribution in [-0.4, -0.2) is 30.8 Å². The lowest BCUT2D eigenvalue weighted by molar-refractivity contribution is -0.142. The third-order valence-electron chi connectivity index (χ3n) is 2.55. The topological polar surface area (TPSA) is 72.8 Å². The zero-order valence-corrected chi connectivity index (χ0v) is 9.27. The van der Waals surface area contributed by atoms with Crippen LogP contribution in [-0.2, 0) is 19.1 Å². The lowest BCUT2D eigenvalue weighted by Crippen LogP contribution is -2.18. The van der Waals surface area contributed by atoms with Crippen LogP contribution >= 0.6 is 0 Å². The zero-order chi connectivity index (χ0) is 12.0. The van der Waals surface area contributed by atoms with Gasteiger partial charge < -0.3 is 14.6 Å². The molecule has 1 N–H and O–H groups in total. The first kappa shape index (κ1) is 12.5. The van der Waals surface area contributed by atoms with Crippen LogP contribution in [0.4, 0.5) is 0 Å². The molecule has 0 saturated heterocycles. The monoisotopic (exact) mass is 228 g/mol. The maximum absolute atomic E-state index is 11.2. The van der Waals surface area contributed by atoms with E-state index < -0.39 is 11.9 Å². The van der Waals surface area contributed by atoms with E-state index in [4.69, 9.17) is 9.84 Å². The Labute approximate surface area is 94.0 Å². The average molecular weight is 228 g/mol. The molecule has 90 valence electrons. The lowest BCUT2D eigenvalue weighted by atomic mass is 9.89. The van der Waals surface area contributed by atoms with Crippen LogP contribution in [0.5, 0.6) is 0 Å². The fourth-order valence-electron chi connectivity index (χ4n) is 1.71. The number of methoxy groups -OCH3 is 1. The molecule has 0 aromatic carbocycles. The van der Waals surface area contributed by atoms with Crippen LogP contribution < -0.4 is 0 Å². The Kier molecular flexibility index (Phi) is 4.82. The molecule has 16 heavy (non-hydrogen) atoms. The van der Waals surface area contributed by atoms with Gasteiger partial charge in [0.1, 0.15) is 0 Å². The number of carbonyl (C=O) groups is 2. The molecule has 0 saturated carbocycles. The van der Waals surface area contributed by atoms with Crippen molar-refractivity contribution in [1.29, 1.82) is 0 Å². The second-order valence-electron chi connectivity index (χ2n) is 3.74. The van der Waals surface area contributed by atoms with Crippen LogP contribution in [0.15, 0.2) is 11.8 Å². The van der Waals surface area contributed by atoms with Crippen LogP contribution in [0.25, 0.3) is 0 Å². The fraction of sp³-hybridized carbons (Fsp3) is 0.636. The predicted octanol–water partition coefficient (Wildman–Crippen LogP) is 1.33. The second kappa shape index (κ2) is 6.15. The molecule has 1 unspecified atom stereocenters. The summed E-state index contributed by atoms with van der Waals surface area (Å²) in [5, 5.41) is 8.78. The smallest absolute Gasteiger partial charge is 0.306 e. The Morgan fingerprint density at radius 2 is 2.31 bits per heavy atom. The van der Waals surface area contributed by atoms with Gasteiger partial charge in [-0.3, -0.25) is 9.59 Å². The van der Waals surface area contributed by atoms with Crippen molar-refractivity contribution < 1.29 is 24.2 Å². The van der Waals surface area contributed by atoms with Crippen molar-refractivity contribution in [1.82, 2.24) is 0 Å². The summed E-state index contributed by atoms with van der Waals surface area (Å²) in [6, 6.07) is 0. The van der Waals surface area contributed by atoms with Crippen molar-refractivity contribution in [3.8, 4) is 0 Å². The molecule has 1 aliphatic rings. The summed E-state index contributed by atoms with van der Waals surface area (Å²) in [5.74, 6) is -1.62. The molecule has 0 aromatic heterocycles. The van der Waals surface area contributed by atoms with Crippen molar-refractivity contribution >= 4 is 11.9 Å². The number of ether oxygens (including phenoxy) is 2. The quantitative estimate of drug-likeness (QED) is 0.719. The molecule has 0 spiro atoms. The molecule has 1 heterocycles. The molecule has 1 rings (SSSR count). The average Bonchev–Trinajstić information content (AvgIpc) is 2.28. The Balaban J connectivity index is 2.65. The van der Waals surface area contributed by atoms with Gasteiger partial charge in [-0.25, -0.2) is 0 Å². The Bertz CT molecular complexity index is 295. The first-order valence-electron chi connectivity index (χ1n) is 5.22. The molecular weight excluding hydrogens is 212 g/mol. The van der Waals surface area contributed by atoms with Gasteiger partial charge in [0.15, 0.2) is 0 Å². The van der Waals surface area contributed by atoms with Crippen molar-refractivity contribution in [2.45, 2.75) is 25.7 Å². The summed E-state index contributed by atoms with van der Waals surface area (Å²) in [4.78, 5) is 21.9. The minimum Gasteiger partial charge on any atom is -0.501 e. The van der Waals surface area contributed by atoms with Crippen molar-refractivity contribution in [2.75, 3.05) is 13.7 Å². The third-order valence-corrected chi connectivity index (χ3v) is 2.55. The van der Waals surface area contributed by atoms with Gasteiger partial charge in [-0.15, -0.1) is 0 Å². The normalized spacial score (nSPS) is 16.9. The van der Waals surface area contributed by atoms with Crippen LogP contribution in [0, 0.1) is 5.92 Å². The molecule has 1 atom stereocenters. The van der Waals surface area contributed by atoms with E-state index in [1.165, 1.54) is 7.11 Å². The number of carboxylic acid groups (broad SMARTS) is 1. The SMILES string of the molecule is COC(=O)CC(CC(=O)O)C1=COCCC1. The second-order valence-corrected chi connectivity index (χ2v) is 3.74. The van der Waals surface area contributed by atoms with Crippen molar-refractivity contribution in [3.63, 3.8) is 0 Å². The van der Waals surface area contributed by atoms with Crippen LogP contribution in [0.1, 0.15) is 25.7 Å². The highest BCUT2D eigenvalue weighted by molar-refractivity contribution is 5.72. The summed E-state index contributed by atoms with van der Waals surface area (Å²) in [5.41, 5.74) is 0.888. The van der Waals surface area contributed by atoms with E-state index in [1.807, 2.05) is 0 Å². The number of hydrogen-bond donors (Lipinski definition) is 1. The van der Waals surface area contributed by atoms with E-state index in [1.54, 1.807) is 6.26 Å². The number of esters is 1. The molecule has 0 aromatic rings. The number of allylic oxidation sites excluding steroid dienone is 1. The fourth-order valence-corrected chi connectivity index (χ4v) is 1.71. The largest absolute Gasteiger partial charge is 0.501 e. The van der Waals surface area contributed by atoms with E-state index >= 15 is 0 Å². The lowest BCUT2D eigenvalue weighted by Gasteiger charge is -2.20. The van der Waals surface area contributed by atoms with Gasteiger partial charge >= 0.3 is 11.9 Å². The highest BCUT2D eigenvalue weighted by Crippen LogP contribution is 2.26. The first-order chi connectivity index (χ1) is 7.63. The summed E-state index contributed by atoms with van der Waals surface area (Å²) in [6.45, 7) is 0.654. The predicted molar refractivity (Wildman–Crippen MR) is 55.6 cm³/mol. The van der Waals surface area contributed by atoms with Crippen molar-refractivity contribution in [3.05, 3.63) is 11.8 Å². The molecule has 5 nitrogen and oxygen atoms in total. The van der Waals surface area contributed by atoms with Gasteiger partial charge in [0.05, 0.1) is 32.8 Å². The first-order valence-corrected chi connectivity index (χ1v) is 5.22. The van der Waals surface area contributed by atoms with Crippen LogP contribution in [0.2, 0.25) is 0 Å². The maximum atomic E-state index is 11.2. The van der Waals surface area contributed by atoms with Gasteiger partial charge in [0.25, 0.3) is 0 Å². The molecule has 0 amide bonds. The Morgan fingerprint density at radius 3 is 2.81 bits per heavy atom. The minimum absolute atomic E-state index is 0.0652. The van der Waals surface area contributed by atoms with Gasteiger partial charge in [-0.1, -0.05) is 0 Å². The number of carbonyl (C=O) groups excluding carboxylic acids is 1. The molecule has 0 radical (unpaired) electrons. The maximum Gasteiger partial charge on any atom is 0.306 e. The minimum atomic E-state index is -0.916. The highest BCUT2D eigenvalue weighted by Gasteiger charge is 2.23. The summed E-state index contributed by atoms with van der Waals surface area (Å²) in [7, 11) is 1.30. The molecule has 0 fully saturated rings. The highest BCUT2D eigenvalue weighted by atomic mass is 16.5. The molecule has 0 aliphatic carbocycles. The molecule has 1 aliphatic heterocycles. The van der Waals surface area contributed by atoms with Gasteiger partial charge in [-0.2, -0.15) is 0 Å². The van der Waals surface area contributed by atoms with Crippen molar-refractivity contribution in [2.24, 2.45) is 5.92 Å². The number of hydrogen-bond acceptors (Lipinski definition) is 4. The Hall–Kier alpha value is -1.52. The molecular formula is C11H16O5. The van der Waals surface area contributed by atoms with Gasteiger partial charge in [0, 0.05) is 5.92 Å². The standard InChI is InChI=1S/C11H16O5/c1-15-11(14)6-9(5-10(12)13)8-3-2-4-16-7-8/h7,9H,2-6H2,1H3,(H,12,13). The number of aliphatic carboxylic acids is 1. The third kappa shape index (κ3) is 3.92. The van der Waals surface area contributed by atoms with E-state index in [2.05, 4.69) is 4.74 Å². The van der Waals surface area contributed by atoms with E-state index in [-0.39, 0.29) is 18.8 Å². The zero-order valence-electron chi connectivity index (χ0n) is 9.27. The van der Waals surface area contributed by atoms with Gasteiger partial charge in [0.2, 0.25) is 0 Å². The molecule has 0 bridgehead atoms. The molecule has 5 heteroatoms. The Morgan fingerprint density at radius 1 is 1.56 bits per heavy atom. The van der Waals surface area contributed by atoms with Gasteiger partial charge in [-0.05, 0) is 18.4 Å². The van der Waals surface area contributed by atoms with Crippen LogP contribution in [0.3, 0.4) is 0 Å². The van der Waals surface area contributed by atoms with E-state index in [0.29, 0.717) is 6.61 Å². The number of rotatable bonds is 5. The number of carboxylic acids is 1. The van der Waals surface area contributed by atoms with E-state index in [0.717, 1.165) is 18.4 Å². The summed E-state index contributed by atoms with van der Waals surface area (Å²) < 4.78 is 9.71. The summed E-state index contributed by atoms with van der Waals surface area (Å²) in [6.07, 6.45) is 3.26. The van der Waals surface area contributed by atoms with E-state index in [9.17, 15) is 9.59 Å².